The third-order valence-corrected chi connectivity index (χ3v) is 2.90. The molecule has 0 amide bonds. The van der Waals surface area contributed by atoms with Gasteiger partial charge in [0.1, 0.15) is 13.1 Å². The second kappa shape index (κ2) is 7.04. The summed E-state index contributed by atoms with van der Waals surface area (Å²) in [4.78, 5) is 25.0. The third-order valence-electron chi connectivity index (χ3n) is 2.90. The van der Waals surface area contributed by atoms with E-state index >= 15 is 0 Å². The van der Waals surface area contributed by atoms with Gasteiger partial charge in [-0.05, 0) is 0 Å². The molecule has 1 aliphatic rings. The Morgan fingerprint density at radius 3 is 2.48 bits per heavy atom. The van der Waals surface area contributed by atoms with Gasteiger partial charge in [-0.25, -0.2) is 0 Å². The van der Waals surface area contributed by atoms with Crippen LogP contribution < -0.4 is 5.32 Å². The molecule has 0 radical (unpaired) electrons. The fraction of sp³-hybridized carbons (Fsp3) is 0.583. The van der Waals surface area contributed by atoms with Gasteiger partial charge in [0.15, 0.2) is 5.76 Å². The Labute approximate surface area is 120 Å². The number of ether oxygens (including phenoxy) is 1. The van der Waals surface area contributed by atoms with Gasteiger partial charge in [-0.15, -0.1) is 0 Å². The van der Waals surface area contributed by atoms with E-state index < -0.39 is 37.2 Å². The third kappa shape index (κ3) is 4.72. The largest absolute Gasteiger partial charge is 0.493 e. The van der Waals surface area contributed by atoms with E-state index in [1.165, 1.54) is 7.11 Å². The van der Waals surface area contributed by atoms with Gasteiger partial charge < -0.3 is 30.5 Å². The Morgan fingerprint density at radius 1 is 1.33 bits per heavy atom. The first kappa shape index (κ1) is 16.9. The van der Waals surface area contributed by atoms with Gasteiger partial charge >= 0.3 is 11.9 Å². The fourth-order valence-electron chi connectivity index (χ4n) is 2.01. The molecule has 0 aromatic carbocycles. The minimum Gasteiger partial charge on any atom is -0.493 e. The van der Waals surface area contributed by atoms with E-state index in [1.54, 1.807) is 0 Å². The number of methoxy groups -OCH3 is 1. The van der Waals surface area contributed by atoms with Crippen LogP contribution in [0.1, 0.15) is 12.8 Å². The van der Waals surface area contributed by atoms with Crippen molar-refractivity contribution in [3.63, 3.8) is 0 Å². The lowest BCUT2D eigenvalue weighted by Crippen LogP contribution is -2.44. The molecule has 5 N–H and O–H groups in total. The number of aliphatic hydroxyl groups is 2. The van der Waals surface area contributed by atoms with Crippen LogP contribution in [-0.2, 0) is 14.3 Å². The molecule has 21 heavy (non-hydrogen) atoms. The van der Waals surface area contributed by atoms with Crippen LogP contribution in [0.5, 0.6) is 0 Å². The lowest BCUT2D eigenvalue weighted by Gasteiger charge is -2.33. The molecule has 0 saturated heterocycles. The summed E-state index contributed by atoms with van der Waals surface area (Å²) in [5.74, 6) is -2.08. The molecule has 0 aliphatic heterocycles. The Morgan fingerprint density at radius 2 is 2.00 bits per heavy atom. The second-order valence-electron chi connectivity index (χ2n) is 4.65. The van der Waals surface area contributed by atoms with Crippen LogP contribution >= 0.6 is 0 Å². The standard InChI is InChI=1S/C12H18N2O7/c1-21-11-7(13-4-9(16)17)2-12(20,6-15)3-8(11)14-5-10(18)19/h13,15,20H,2-6H2,1H3,(H,16,17)(H,18,19)/b14-8+. The Balaban J connectivity index is 3.13. The average molecular weight is 302 g/mol. The van der Waals surface area contributed by atoms with Gasteiger partial charge in [-0.1, -0.05) is 0 Å². The molecule has 118 valence electrons. The van der Waals surface area contributed by atoms with Crippen molar-refractivity contribution in [2.45, 2.75) is 18.4 Å². The molecule has 9 heteroatoms. The Bertz CT molecular complexity index is 486. The maximum Gasteiger partial charge on any atom is 0.325 e. The van der Waals surface area contributed by atoms with E-state index in [1.807, 2.05) is 0 Å². The van der Waals surface area contributed by atoms with Crippen molar-refractivity contribution >= 4 is 17.7 Å². The zero-order chi connectivity index (χ0) is 16.0. The number of aliphatic imine (C=N–C) groups is 1. The summed E-state index contributed by atoms with van der Waals surface area (Å²) in [5.41, 5.74) is -1.12. The highest BCUT2D eigenvalue weighted by molar-refractivity contribution is 6.01. The molecular formula is C12H18N2O7. The Hall–Kier alpha value is -2.13. The molecule has 0 fully saturated rings. The van der Waals surface area contributed by atoms with Crippen LogP contribution in [0.3, 0.4) is 0 Å². The lowest BCUT2D eigenvalue weighted by molar-refractivity contribution is -0.136. The van der Waals surface area contributed by atoms with E-state index in [9.17, 15) is 19.8 Å². The van der Waals surface area contributed by atoms with E-state index in [0.717, 1.165) is 0 Å². The van der Waals surface area contributed by atoms with E-state index in [2.05, 4.69) is 10.3 Å². The monoisotopic (exact) mass is 302 g/mol. The highest BCUT2D eigenvalue weighted by Crippen LogP contribution is 2.30. The number of allylic oxidation sites excluding steroid dienone is 1. The van der Waals surface area contributed by atoms with Gasteiger partial charge in [0.25, 0.3) is 0 Å². The van der Waals surface area contributed by atoms with Crippen LogP contribution in [0.4, 0.5) is 0 Å². The van der Waals surface area contributed by atoms with Crippen LogP contribution in [0.2, 0.25) is 0 Å². The summed E-state index contributed by atoms with van der Waals surface area (Å²) >= 11 is 0. The molecule has 1 unspecified atom stereocenters. The highest BCUT2D eigenvalue weighted by Gasteiger charge is 2.37. The van der Waals surface area contributed by atoms with E-state index in [4.69, 9.17) is 14.9 Å². The number of carboxylic acids is 2. The van der Waals surface area contributed by atoms with Gasteiger partial charge in [0.05, 0.1) is 30.7 Å². The molecule has 0 heterocycles. The molecule has 0 aromatic rings. The number of nitrogens with zero attached hydrogens (tertiary/aromatic N) is 1. The summed E-state index contributed by atoms with van der Waals surface area (Å²) in [6, 6.07) is 0. The summed E-state index contributed by atoms with van der Waals surface area (Å²) in [6.45, 7) is -1.50. The number of hydrogen-bond acceptors (Lipinski definition) is 7. The molecular weight excluding hydrogens is 284 g/mol. The van der Waals surface area contributed by atoms with Crippen LogP contribution in [0, 0.1) is 0 Å². The first-order valence-corrected chi connectivity index (χ1v) is 6.13. The summed E-state index contributed by atoms with van der Waals surface area (Å²) in [5, 5.41) is 39.4. The smallest absolute Gasteiger partial charge is 0.325 e. The van der Waals surface area contributed by atoms with Crippen LogP contribution in [-0.4, -0.2) is 70.5 Å². The van der Waals surface area contributed by atoms with Crippen molar-refractivity contribution in [1.82, 2.24) is 5.32 Å². The van der Waals surface area contributed by atoms with Gasteiger partial charge in [0, 0.05) is 12.8 Å². The maximum absolute atomic E-state index is 10.6. The number of carbonyl (C=O) groups is 2. The minimum atomic E-state index is -1.54. The second-order valence-corrected chi connectivity index (χ2v) is 4.65. The summed E-state index contributed by atoms with van der Waals surface area (Å²) in [7, 11) is 1.33. The molecule has 1 atom stereocenters. The van der Waals surface area contributed by atoms with Crippen molar-refractivity contribution in [1.29, 1.82) is 0 Å². The van der Waals surface area contributed by atoms with Crippen LogP contribution in [0.25, 0.3) is 0 Å². The predicted molar refractivity (Wildman–Crippen MR) is 70.9 cm³/mol. The van der Waals surface area contributed by atoms with Crippen molar-refractivity contribution < 1.29 is 34.8 Å². The predicted octanol–water partition coefficient (Wildman–Crippen LogP) is -1.44. The van der Waals surface area contributed by atoms with Crippen molar-refractivity contribution in [3.8, 4) is 0 Å². The van der Waals surface area contributed by atoms with Crippen LogP contribution in [0.15, 0.2) is 16.4 Å². The number of rotatable bonds is 7. The molecule has 0 saturated carbocycles. The molecule has 0 bridgehead atoms. The number of carboxylic acid groups (broad SMARTS) is 2. The van der Waals surface area contributed by atoms with E-state index in [0.29, 0.717) is 0 Å². The topological polar surface area (TPSA) is 149 Å². The van der Waals surface area contributed by atoms with Gasteiger partial charge in [0.2, 0.25) is 0 Å². The quantitative estimate of drug-likeness (QED) is 0.384. The summed E-state index contributed by atoms with van der Waals surface area (Å²) in [6.07, 6.45) is -0.135. The van der Waals surface area contributed by atoms with Crippen molar-refractivity contribution in [2.24, 2.45) is 4.99 Å². The number of aliphatic hydroxyl groups excluding tert-OH is 1. The molecule has 1 rings (SSSR count). The maximum atomic E-state index is 10.6. The first-order chi connectivity index (χ1) is 9.81. The minimum absolute atomic E-state index is 0.0496. The average Bonchev–Trinajstić information content (AvgIpc) is 2.42. The first-order valence-electron chi connectivity index (χ1n) is 6.13. The zero-order valence-corrected chi connectivity index (χ0v) is 11.5. The Kier molecular flexibility index (Phi) is 5.68. The number of nitrogens with one attached hydrogen (secondary N) is 1. The van der Waals surface area contributed by atoms with Gasteiger partial charge in [-0.2, -0.15) is 0 Å². The highest BCUT2D eigenvalue weighted by atomic mass is 16.5. The SMILES string of the molecule is COC1=C(NCC(=O)O)CC(O)(CO)C/C1=N\CC(=O)O. The normalized spacial score (nSPS) is 24.0. The van der Waals surface area contributed by atoms with Crippen molar-refractivity contribution in [3.05, 3.63) is 11.5 Å². The molecule has 0 aromatic heterocycles. The van der Waals surface area contributed by atoms with E-state index in [-0.39, 0.29) is 30.0 Å². The number of hydrogen-bond donors (Lipinski definition) is 5. The van der Waals surface area contributed by atoms with Gasteiger partial charge in [-0.3, -0.25) is 14.6 Å². The lowest BCUT2D eigenvalue weighted by atomic mass is 9.85. The summed E-state index contributed by atoms with van der Waals surface area (Å²) < 4.78 is 5.13. The molecule has 0 spiro atoms. The van der Waals surface area contributed by atoms with Crippen molar-refractivity contribution in [2.75, 3.05) is 26.8 Å². The number of aliphatic carboxylic acids is 2. The fourth-order valence-corrected chi connectivity index (χ4v) is 2.01. The zero-order valence-electron chi connectivity index (χ0n) is 11.5. The molecule has 1 aliphatic carbocycles. The molecule has 9 nitrogen and oxygen atoms in total.